The van der Waals surface area contributed by atoms with E-state index >= 15 is 0 Å². The second kappa shape index (κ2) is 14.7. The zero-order valence-electron chi connectivity index (χ0n) is 23.0. The van der Waals surface area contributed by atoms with Gasteiger partial charge in [-0.2, -0.15) is 0 Å². The van der Waals surface area contributed by atoms with Gasteiger partial charge in [-0.3, -0.25) is 13.9 Å². The van der Waals surface area contributed by atoms with Crippen LogP contribution in [0.5, 0.6) is 5.75 Å². The topological polar surface area (TPSA) is 96.0 Å². The highest BCUT2D eigenvalue weighted by Gasteiger charge is 2.30. The molecule has 8 nitrogen and oxygen atoms in total. The van der Waals surface area contributed by atoms with Crippen LogP contribution in [0.4, 0.5) is 5.69 Å². The number of hydrogen-bond donors (Lipinski definition) is 1. The van der Waals surface area contributed by atoms with Gasteiger partial charge in [0, 0.05) is 37.5 Å². The molecule has 0 aliphatic carbocycles. The molecular formula is C30H36ClN3O5S. The van der Waals surface area contributed by atoms with Crippen LogP contribution < -0.4 is 14.4 Å². The second-order valence-corrected chi connectivity index (χ2v) is 11.7. The Hall–Kier alpha value is -3.56. The smallest absolute Gasteiger partial charge is 0.243 e. The fourth-order valence-electron chi connectivity index (χ4n) is 4.50. The number of anilines is 1. The third-order valence-corrected chi connectivity index (χ3v) is 7.79. The van der Waals surface area contributed by atoms with Gasteiger partial charge in [0.2, 0.25) is 21.8 Å². The SMILES string of the molecule is CCNC(=O)C(Cc1ccccc1)N(Cc1cccc(Cl)c1)C(=O)CCCN(c1ccccc1OC)S(C)(=O)=O. The average Bonchev–Trinajstić information content (AvgIpc) is 2.93. The van der Waals surface area contributed by atoms with E-state index in [-0.39, 0.29) is 37.7 Å². The van der Waals surface area contributed by atoms with Crippen molar-refractivity contribution in [1.29, 1.82) is 0 Å². The van der Waals surface area contributed by atoms with Crippen molar-refractivity contribution in [2.75, 3.05) is 30.8 Å². The molecule has 3 rings (SSSR count). The molecule has 0 bridgehead atoms. The van der Waals surface area contributed by atoms with E-state index in [2.05, 4.69) is 5.32 Å². The van der Waals surface area contributed by atoms with E-state index in [0.717, 1.165) is 17.4 Å². The Morgan fingerprint density at radius 3 is 2.30 bits per heavy atom. The maximum absolute atomic E-state index is 13.8. The summed E-state index contributed by atoms with van der Waals surface area (Å²) in [5, 5.41) is 3.40. The van der Waals surface area contributed by atoms with Crippen molar-refractivity contribution in [3.63, 3.8) is 0 Å². The van der Waals surface area contributed by atoms with Gasteiger partial charge in [0.1, 0.15) is 11.8 Å². The van der Waals surface area contributed by atoms with Crippen LogP contribution in [0.15, 0.2) is 78.9 Å². The van der Waals surface area contributed by atoms with Gasteiger partial charge < -0.3 is 15.0 Å². The fraction of sp³-hybridized carbons (Fsp3) is 0.333. The Labute approximate surface area is 241 Å². The van der Waals surface area contributed by atoms with Gasteiger partial charge in [0.25, 0.3) is 0 Å². The highest BCUT2D eigenvalue weighted by molar-refractivity contribution is 7.92. The number of benzene rings is 3. The van der Waals surface area contributed by atoms with Crippen molar-refractivity contribution < 1.29 is 22.7 Å². The van der Waals surface area contributed by atoms with Crippen LogP contribution in [-0.4, -0.2) is 57.6 Å². The molecule has 0 spiro atoms. The summed E-state index contributed by atoms with van der Waals surface area (Å²) in [7, 11) is -2.17. The van der Waals surface area contributed by atoms with E-state index in [1.54, 1.807) is 47.4 Å². The number of methoxy groups -OCH3 is 1. The molecule has 0 radical (unpaired) electrons. The van der Waals surface area contributed by atoms with Crippen molar-refractivity contribution in [3.8, 4) is 5.75 Å². The lowest BCUT2D eigenvalue weighted by atomic mass is 10.0. The van der Waals surface area contributed by atoms with E-state index in [0.29, 0.717) is 29.4 Å². The van der Waals surface area contributed by atoms with Crippen LogP contribution in [0.1, 0.15) is 30.9 Å². The van der Waals surface area contributed by atoms with Gasteiger partial charge in [-0.15, -0.1) is 0 Å². The lowest BCUT2D eigenvalue weighted by molar-refractivity contribution is -0.141. The number of carbonyl (C=O) groups excluding carboxylic acids is 2. The zero-order chi connectivity index (χ0) is 29.1. The summed E-state index contributed by atoms with van der Waals surface area (Å²) in [4.78, 5) is 28.6. The molecule has 0 heterocycles. The molecule has 1 atom stereocenters. The average molecular weight is 586 g/mol. The number of carbonyl (C=O) groups is 2. The first-order valence-corrected chi connectivity index (χ1v) is 15.3. The summed E-state index contributed by atoms with van der Waals surface area (Å²) in [6.45, 7) is 2.50. The molecular weight excluding hydrogens is 550 g/mol. The number of para-hydroxylation sites is 2. The molecule has 214 valence electrons. The molecule has 10 heteroatoms. The Kier molecular flexibility index (Phi) is 11.4. The van der Waals surface area contributed by atoms with Crippen molar-refractivity contribution in [1.82, 2.24) is 10.2 Å². The number of nitrogens with zero attached hydrogens (tertiary/aromatic N) is 2. The molecule has 40 heavy (non-hydrogen) atoms. The second-order valence-electron chi connectivity index (χ2n) is 9.36. The van der Waals surface area contributed by atoms with Crippen molar-refractivity contribution >= 4 is 39.1 Å². The van der Waals surface area contributed by atoms with Gasteiger partial charge in [0.05, 0.1) is 19.1 Å². The number of rotatable bonds is 14. The summed E-state index contributed by atoms with van der Waals surface area (Å²) in [5.74, 6) is -0.102. The Bertz CT molecular complexity index is 1380. The molecule has 0 saturated carbocycles. The molecule has 3 aromatic rings. The minimum atomic E-state index is -3.65. The van der Waals surface area contributed by atoms with Gasteiger partial charge in [-0.05, 0) is 48.7 Å². The third kappa shape index (κ3) is 8.72. The summed E-state index contributed by atoms with van der Waals surface area (Å²) in [6, 6.07) is 22.8. The molecule has 3 aromatic carbocycles. The number of nitrogens with one attached hydrogen (secondary N) is 1. The van der Waals surface area contributed by atoms with Crippen LogP contribution in [0.25, 0.3) is 0 Å². The normalized spacial score (nSPS) is 11.9. The lowest BCUT2D eigenvalue weighted by Gasteiger charge is -2.32. The maximum atomic E-state index is 13.8. The summed E-state index contributed by atoms with van der Waals surface area (Å²) >= 11 is 6.22. The van der Waals surface area contributed by atoms with Crippen LogP contribution in [0.2, 0.25) is 5.02 Å². The summed E-state index contributed by atoms with van der Waals surface area (Å²) in [6.07, 6.45) is 1.73. The number of likely N-dealkylation sites (N-methyl/N-ethyl adjacent to an activating group) is 1. The Morgan fingerprint density at radius 1 is 0.975 bits per heavy atom. The van der Waals surface area contributed by atoms with Crippen LogP contribution in [0, 0.1) is 0 Å². The predicted molar refractivity (Wildman–Crippen MR) is 159 cm³/mol. The van der Waals surface area contributed by atoms with E-state index in [9.17, 15) is 18.0 Å². The van der Waals surface area contributed by atoms with Gasteiger partial charge in [0.15, 0.2) is 0 Å². The Morgan fingerprint density at radius 2 is 1.65 bits per heavy atom. The standard InChI is InChI=1S/C30H36ClN3O5S/c1-4-32-30(36)27(21-23-12-6-5-7-13-23)33(22-24-14-10-15-25(31)20-24)29(35)18-11-19-34(40(3,37)38)26-16-8-9-17-28(26)39-2/h5-10,12-17,20,27H,4,11,18-19,21-22H2,1-3H3,(H,32,36). The summed E-state index contributed by atoms with van der Waals surface area (Å²) < 4.78 is 31.9. The number of amides is 2. The van der Waals surface area contributed by atoms with E-state index in [1.807, 2.05) is 43.3 Å². The lowest BCUT2D eigenvalue weighted by Crippen LogP contribution is -2.50. The van der Waals surface area contributed by atoms with E-state index in [1.165, 1.54) is 11.4 Å². The molecule has 2 amide bonds. The molecule has 0 fully saturated rings. The molecule has 0 saturated heterocycles. The Balaban J connectivity index is 1.88. The van der Waals surface area contributed by atoms with Gasteiger partial charge in [-0.25, -0.2) is 8.42 Å². The van der Waals surface area contributed by atoms with Gasteiger partial charge >= 0.3 is 0 Å². The van der Waals surface area contributed by atoms with Crippen LogP contribution >= 0.6 is 11.6 Å². The van der Waals surface area contributed by atoms with E-state index in [4.69, 9.17) is 16.3 Å². The van der Waals surface area contributed by atoms with Crippen molar-refractivity contribution in [3.05, 3.63) is 95.0 Å². The minimum Gasteiger partial charge on any atom is -0.495 e. The number of ether oxygens (including phenoxy) is 1. The van der Waals surface area contributed by atoms with Crippen LogP contribution in [0.3, 0.4) is 0 Å². The number of hydrogen-bond acceptors (Lipinski definition) is 5. The number of halogens is 1. The highest BCUT2D eigenvalue weighted by Crippen LogP contribution is 2.30. The summed E-state index contributed by atoms with van der Waals surface area (Å²) in [5.41, 5.74) is 2.11. The number of sulfonamides is 1. The molecule has 0 aliphatic rings. The van der Waals surface area contributed by atoms with E-state index < -0.39 is 16.1 Å². The quantitative estimate of drug-likeness (QED) is 0.297. The molecule has 1 unspecified atom stereocenters. The van der Waals surface area contributed by atoms with Crippen molar-refractivity contribution in [2.24, 2.45) is 0 Å². The zero-order valence-corrected chi connectivity index (χ0v) is 24.6. The van der Waals surface area contributed by atoms with Crippen molar-refractivity contribution in [2.45, 2.75) is 38.8 Å². The maximum Gasteiger partial charge on any atom is 0.243 e. The van der Waals surface area contributed by atoms with Crippen LogP contribution in [-0.2, 0) is 32.6 Å². The molecule has 0 aliphatic heterocycles. The monoisotopic (exact) mass is 585 g/mol. The first-order chi connectivity index (χ1) is 19.1. The third-order valence-electron chi connectivity index (χ3n) is 6.37. The first-order valence-electron chi connectivity index (χ1n) is 13.1. The fourth-order valence-corrected chi connectivity index (χ4v) is 5.68. The molecule has 0 aromatic heterocycles. The predicted octanol–water partition coefficient (Wildman–Crippen LogP) is 4.67. The first kappa shape index (κ1) is 31.0. The highest BCUT2D eigenvalue weighted by atomic mass is 35.5. The molecule has 1 N–H and O–H groups in total. The van der Waals surface area contributed by atoms with Gasteiger partial charge in [-0.1, -0.05) is 66.2 Å². The minimum absolute atomic E-state index is 0.0342. The largest absolute Gasteiger partial charge is 0.495 e.